The third kappa shape index (κ3) is 4.44. The molecule has 5 heteroatoms. The lowest BCUT2D eigenvalue weighted by atomic mass is 9.81. The lowest BCUT2D eigenvalue weighted by Gasteiger charge is -2.24. The number of nitrogens with one attached hydrogen (secondary N) is 1. The molecule has 0 saturated heterocycles. The Bertz CT molecular complexity index is 2980. The minimum absolute atomic E-state index is 0.248. The van der Waals surface area contributed by atoms with Crippen molar-refractivity contribution in [3.8, 4) is 16.8 Å². The van der Waals surface area contributed by atoms with E-state index in [-0.39, 0.29) is 11.6 Å². The molecule has 7 aromatic carbocycles. The molecule has 0 fully saturated rings. The van der Waals surface area contributed by atoms with Crippen molar-refractivity contribution in [1.82, 2.24) is 9.88 Å². The van der Waals surface area contributed by atoms with Gasteiger partial charge in [-0.2, -0.15) is 0 Å². The van der Waals surface area contributed by atoms with E-state index in [9.17, 15) is 0 Å². The minimum atomic E-state index is -0.248. The van der Waals surface area contributed by atoms with Gasteiger partial charge in [-0.3, -0.25) is 0 Å². The Morgan fingerprint density at radius 1 is 0.604 bits per heavy atom. The zero-order chi connectivity index (χ0) is 35.3. The van der Waals surface area contributed by atoms with Crippen LogP contribution >= 0.6 is 0 Å². The second kappa shape index (κ2) is 11.1. The number of fused-ring (bicyclic) bond motifs is 10. The predicted octanol–water partition coefficient (Wildman–Crippen LogP) is 11.5. The normalized spacial score (nSPS) is 16.1. The van der Waals surface area contributed by atoms with Crippen LogP contribution in [0.2, 0.25) is 0 Å². The Balaban J connectivity index is 1.08. The molecule has 11 rings (SSSR count). The van der Waals surface area contributed by atoms with Gasteiger partial charge in [0.1, 0.15) is 23.2 Å². The Morgan fingerprint density at radius 2 is 1.32 bits per heavy atom. The lowest BCUT2D eigenvalue weighted by Crippen LogP contribution is -2.33. The van der Waals surface area contributed by atoms with Gasteiger partial charge in [0, 0.05) is 43.8 Å². The van der Waals surface area contributed by atoms with Crippen LogP contribution in [0.5, 0.6) is 0 Å². The maximum atomic E-state index is 6.39. The van der Waals surface area contributed by atoms with Crippen LogP contribution in [0.1, 0.15) is 47.8 Å². The van der Waals surface area contributed by atoms with Gasteiger partial charge in [-0.15, -0.1) is 0 Å². The summed E-state index contributed by atoms with van der Waals surface area (Å²) in [6.07, 6.45) is -0.248. The smallest absolute Gasteiger partial charge is 0.159 e. The topological polar surface area (TPSA) is 54.8 Å². The molecular formula is C48H34N4O. The average molecular weight is 683 g/mol. The number of benzene rings is 7. The SMILES string of the molecule is CC1(C)c2cc3c(cc2-c2ccc4c5ccccc5n(-c5ccc(C6=NC(c7ccccc7)NC(c7ccccc7)=N6)cc5)c4c21)oc1ccccc13. The molecule has 5 nitrogen and oxygen atoms in total. The summed E-state index contributed by atoms with van der Waals surface area (Å²) in [7, 11) is 0. The quantitative estimate of drug-likeness (QED) is 0.201. The Hall–Kier alpha value is -6.72. The summed E-state index contributed by atoms with van der Waals surface area (Å²) >= 11 is 0. The molecule has 1 aliphatic carbocycles. The molecule has 1 atom stereocenters. The summed E-state index contributed by atoms with van der Waals surface area (Å²) in [5.74, 6) is 1.52. The molecule has 3 heterocycles. The van der Waals surface area contributed by atoms with E-state index in [4.69, 9.17) is 14.4 Å². The summed E-state index contributed by atoms with van der Waals surface area (Å²) in [5, 5.41) is 8.39. The van der Waals surface area contributed by atoms with Crippen LogP contribution in [0.25, 0.3) is 60.6 Å². The number of hydrogen-bond donors (Lipinski definition) is 1. The van der Waals surface area contributed by atoms with E-state index >= 15 is 0 Å². The Labute approximate surface area is 306 Å². The van der Waals surface area contributed by atoms with Crippen LogP contribution in [0.3, 0.4) is 0 Å². The van der Waals surface area contributed by atoms with Crippen molar-refractivity contribution in [1.29, 1.82) is 0 Å². The zero-order valence-corrected chi connectivity index (χ0v) is 29.3. The maximum Gasteiger partial charge on any atom is 0.159 e. The summed E-state index contributed by atoms with van der Waals surface area (Å²) < 4.78 is 8.84. The summed E-state index contributed by atoms with van der Waals surface area (Å²) in [6.45, 7) is 4.74. The van der Waals surface area contributed by atoms with Crippen LogP contribution in [0.4, 0.5) is 0 Å². The second-order valence-electron chi connectivity index (χ2n) is 14.6. The molecule has 1 aliphatic heterocycles. The van der Waals surface area contributed by atoms with Crippen molar-refractivity contribution in [2.24, 2.45) is 9.98 Å². The molecule has 252 valence electrons. The van der Waals surface area contributed by atoms with Crippen LogP contribution in [-0.2, 0) is 5.41 Å². The lowest BCUT2D eigenvalue weighted by molar-refractivity contribution is 0.660. The van der Waals surface area contributed by atoms with Gasteiger partial charge in [-0.25, -0.2) is 9.98 Å². The molecular weight excluding hydrogens is 649 g/mol. The molecule has 1 N–H and O–H groups in total. The molecule has 0 spiro atoms. The molecule has 0 saturated carbocycles. The molecule has 2 aliphatic rings. The zero-order valence-electron chi connectivity index (χ0n) is 29.3. The van der Waals surface area contributed by atoms with Crippen molar-refractivity contribution < 1.29 is 4.42 Å². The van der Waals surface area contributed by atoms with Crippen molar-refractivity contribution in [3.05, 3.63) is 186 Å². The molecule has 9 aromatic rings. The first-order valence-electron chi connectivity index (χ1n) is 18.2. The number of aromatic nitrogens is 1. The highest BCUT2D eigenvalue weighted by molar-refractivity contribution is 6.15. The predicted molar refractivity (Wildman–Crippen MR) is 217 cm³/mol. The molecule has 2 aromatic heterocycles. The second-order valence-corrected chi connectivity index (χ2v) is 14.6. The van der Waals surface area contributed by atoms with E-state index in [2.05, 4.69) is 151 Å². The Morgan fingerprint density at radius 3 is 2.13 bits per heavy atom. The Kier molecular flexibility index (Phi) is 6.30. The van der Waals surface area contributed by atoms with Gasteiger partial charge in [-0.1, -0.05) is 123 Å². The summed E-state index contributed by atoms with van der Waals surface area (Å²) in [4.78, 5) is 10.2. The van der Waals surface area contributed by atoms with Crippen molar-refractivity contribution in [2.45, 2.75) is 25.4 Å². The van der Waals surface area contributed by atoms with E-state index in [1.54, 1.807) is 0 Å². The first-order chi connectivity index (χ1) is 26.0. The summed E-state index contributed by atoms with van der Waals surface area (Å²) in [6, 6.07) is 55.8. The van der Waals surface area contributed by atoms with E-state index in [1.807, 2.05) is 30.3 Å². The number of aliphatic imine (C=N–C) groups is 2. The van der Waals surface area contributed by atoms with E-state index < -0.39 is 0 Å². The fraction of sp³-hybridized carbons (Fsp3) is 0.0833. The van der Waals surface area contributed by atoms with Crippen molar-refractivity contribution in [3.63, 3.8) is 0 Å². The highest BCUT2D eigenvalue weighted by atomic mass is 16.3. The maximum absolute atomic E-state index is 6.39. The molecule has 1 unspecified atom stereocenters. The molecule has 0 radical (unpaired) electrons. The monoisotopic (exact) mass is 682 g/mol. The molecule has 0 bridgehead atoms. The fourth-order valence-corrected chi connectivity index (χ4v) is 8.72. The molecule has 53 heavy (non-hydrogen) atoms. The van der Waals surface area contributed by atoms with Crippen LogP contribution in [0.15, 0.2) is 172 Å². The number of nitrogens with zero attached hydrogens (tertiary/aromatic N) is 3. The van der Waals surface area contributed by atoms with Gasteiger partial charge in [-0.05, 0) is 76.3 Å². The number of para-hydroxylation sites is 2. The van der Waals surface area contributed by atoms with Gasteiger partial charge in [0.2, 0.25) is 0 Å². The third-order valence-corrected chi connectivity index (χ3v) is 11.2. The minimum Gasteiger partial charge on any atom is -0.456 e. The number of amidine groups is 2. The van der Waals surface area contributed by atoms with Crippen LogP contribution < -0.4 is 5.32 Å². The third-order valence-electron chi connectivity index (χ3n) is 11.2. The highest BCUT2D eigenvalue weighted by Gasteiger charge is 2.39. The average Bonchev–Trinajstić information content (AvgIpc) is 3.82. The van der Waals surface area contributed by atoms with Crippen molar-refractivity contribution >= 4 is 55.4 Å². The van der Waals surface area contributed by atoms with E-state index in [1.165, 1.54) is 49.4 Å². The first kappa shape index (κ1) is 30.0. The van der Waals surface area contributed by atoms with Crippen LogP contribution in [0, 0.1) is 0 Å². The number of rotatable bonds is 4. The first-order valence-corrected chi connectivity index (χ1v) is 18.2. The van der Waals surface area contributed by atoms with Gasteiger partial charge in [0.25, 0.3) is 0 Å². The van der Waals surface area contributed by atoms with Gasteiger partial charge >= 0.3 is 0 Å². The van der Waals surface area contributed by atoms with Crippen molar-refractivity contribution in [2.75, 3.05) is 0 Å². The molecule has 0 amide bonds. The number of hydrogen-bond acceptors (Lipinski definition) is 4. The fourth-order valence-electron chi connectivity index (χ4n) is 8.72. The number of furan rings is 1. The van der Waals surface area contributed by atoms with Gasteiger partial charge in [0.05, 0.1) is 11.0 Å². The van der Waals surface area contributed by atoms with Gasteiger partial charge < -0.3 is 14.3 Å². The summed E-state index contributed by atoms with van der Waals surface area (Å²) in [5.41, 5.74) is 13.4. The van der Waals surface area contributed by atoms with Crippen LogP contribution in [-0.4, -0.2) is 16.2 Å². The van der Waals surface area contributed by atoms with E-state index in [0.717, 1.165) is 44.8 Å². The highest BCUT2D eigenvalue weighted by Crippen LogP contribution is 2.54. The largest absolute Gasteiger partial charge is 0.456 e. The standard InChI is InChI=1S/C48H34N4O/c1-48(2)39-27-38-34-18-10-12-20-41(34)53-42(38)28-37(39)35-25-26-36-33-17-9-11-19-40(33)52(44(36)43(35)48)32-23-21-31(22-24-32)47-50-45(29-13-5-3-6-14-29)49-46(51-47)30-15-7-4-8-16-30/h3-28,45H,1-2H3,(H,49,50,51). The van der Waals surface area contributed by atoms with Gasteiger partial charge in [0.15, 0.2) is 5.84 Å². The van der Waals surface area contributed by atoms with E-state index in [0.29, 0.717) is 5.84 Å².